The topological polar surface area (TPSA) is 92.3 Å². The highest BCUT2D eigenvalue weighted by Gasteiger charge is 2.17. The Morgan fingerprint density at radius 1 is 1.25 bits per heavy atom. The highest BCUT2D eigenvalue weighted by Crippen LogP contribution is 2.32. The molecule has 9 heteroatoms. The van der Waals surface area contributed by atoms with Gasteiger partial charge < -0.3 is 18.6 Å². The van der Waals surface area contributed by atoms with Crippen LogP contribution in [-0.2, 0) is 16.1 Å². The minimum atomic E-state index is -0.232. The molecule has 0 amide bonds. The number of halogens is 1. The average Bonchev–Trinajstić information content (AvgIpc) is 3.41. The van der Waals surface area contributed by atoms with Gasteiger partial charge in [0.1, 0.15) is 5.75 Å². The molecule has 0 aliphatic carbocycles. The third kappa shape index (κ3) is 4.60. The number of hydrogen-bond acceptors (Lipinski definition) is 7. The lowest BCUT2D eigenvalue weighted by Crippen LogP contribution is -2.08. The van der Waals surface area contributed by atoms with Gasteiger partial charge in [-0.25, -0.2) is 0 Å². The first kappa shape index (κ1) is 21.8. The fraction of sp³-hybridized carbons (Fsp3) is 0.304. The van der Waals surface area contributed by atoms with E-state index in [0.717, 1.165) is 16.5 Å². The highest BCUT2D eigenvalue weighted by atomic mass is 35.5. The third-order valence-corrected chi connectivity index (χ3v) is 5.06. The Hall–Kier alpha value is -3.39. The Morgan fingerprint density at radius 3 is 2.84 bits per heavy atom. The number of aryl methyl sites for hydroxylation is 1. The van der Waals surface area contributed by atoms with Crippen LogP contribution in [0.1, 0.15) is 27.2 Å². The second kappa shape index (κ2) is 9.40. The number of pyridine rings is 1. The second-order valence-electron chi connectivity index (χ2n) is 7.42. The number of benzene rings is 1. The van der Waals surface area contributed by atoms with Crippen LogP contribution in [0, 0.1) is 0 Å². The zero-order valence-electron chi connectivity index (χ0n) is 18.0. The largest absolute Gasteiger partial charge is 0.489 e. The van der Waals surface area contributed by atoms with Crippen LogP contribution < -0.4 is 4.74 Å². The van der Waals surface area contributed by atoms with E-state index in [0.29, 0.717) is 41.2 Å². The molecule has 32 heavy (non-hydrogen) atoms. The van der Waals surface area contributed by atoms with Gasteiger partial charge in [-0.1, -0.05) is 16.8 Å². The first-order valence-corrected chi connectivity index (χ1v) is 10.7. The van der Waals surface area contributed by atoms with E-state index < -0.39 is 0 Å². The van der Waals surface area contributed by atoms with Gasteiger partial charge in [0.05, 0.1) is 41.4 Å². The van der Waals surface area contributed by atoms with Gasteiger partial charge in [0.25, 0.3) is 5.89 Å². The zero-order chi connectivity index (χ0) is 22.7. The standard InChI is InChI=1S/C23H23ClN4O4/c1-4-30-21(29)8-10-28-9-7-16-17(12-25-13-19(16)28)22-26-23(32-27-22)15-5-6-20(18(24)11-15)31-14(2)3/h5-7,9,11-14H,4,8,10H2,1-3H3. The van der Waals surface area contributed by atoms with E-state index in [1.807, 2.05) is 36.7 Å². The average molecular weight is 455 g/mol. The van der Waals surface area contributed by atoms with Crippen molar-refractivity contribution in [1.29, 1.82) is 0 Å². The minimum Gasteiger partial charge on any atom is -0.489 e. The van der Waals surface area contributed by atoms with Crippen molar-refractivity contribution in [3.05, 3.63) is 47.9 Å². The Balaban J connectivity index is 1.60. The molecular formula is C23H23ClN4O4. The lowest BCUT2D eigenvalue weighted by Gasteiger charge is -2.11. The Labute approximate surface area is 190 Å². The van der Waals surface area contributed by atoms with Crippen LogP contribution in [0.5, 0.6) is 5.75 Å². The molecule has 0 fully saturated rings. The summed E-state index contributed by atoms with van der Waals surface area (Å²) in [5, 5.41) is 5.52. The molecule has 0 aliphatic heterocycles. The van der Waals surface area contributed by atoms with Gasteiger partial charge >= 0.3 is 5.97 Å². The first-order valence-electron chi connectivity index (χ1n) is 10.4. The summed E-state index contributed by atoms with van der Waals surface area (Å²) in [6, 6.07) is 7.29. The van der Waals surface area contributed by atoms with E-state index in [1.165, 1.54) is 0 Å². The van der Waals surface area contributed by atoms with Gasteiger partial charge in [0, 0.05) is 29.9 Å². The number of ether oxygens (including phenoxy) is 2. The molecule has 0 unspecified atom stereocenters. The fourth-order valence-electron chi connectivity index (χ4n) is 3.36. The van der Waals surface area contributed by atoms with Gasteiger partial charge in [0.15, 0.2) is 0 Å². The summed E-state index contributed by atoms with van der Waals surface area (Å²) >= 11 is 6.34. The van der Waals surface area contributed by atoms with E-state index in [2.05, 4.69) is 15.1 Å². The SMILES string of the molecule is CCOC(=O)CCn1ccc2c(-c3noc(-c4ccc(OC(C)C)c(Cl)c4)n3)cncc21. The van der Waals surface area contributed by atoms with Gasteiger partial charge in [0.2, 0.25) is 5.82 Å². The number of fused-ring (bicyclic) bond motifs is 1. The quantitative estimate of drug-likeness (QED) is 0.340. The van der Waals surface area contributed by atoms with Crippen LogP contribution in [0.4, 0.5) is 0 Å². The Morgan fingerprint density at radius 2 is 2.09 bits per heavy atom. The Kier molecular flexibility index (Phi) is 6.41. The van der Waals surface area contributed by atoms with Crippen molar-refractivity contribution in [3.8, 4) is 28.6 Å². The molecule has 0 atom stereocenters. The van der Waals surface area contributed by atoms with E-state index >= 15 is 0 Å². The summed E-state index contributed by atoms with van der Waals surface area (Å²) in [6.07, 6.45) is 5.65. The van der Waals surface area contributed by atoms with Gasteiger partial charge in [-0.15, -0.1) is 0 Å². The number of nitrogens with zero attached hydrogens (tertiary/aromatic N) is 4. The van der Waals surface area contributed by atoms with Gasteiger partial charge in [-0.2, -0.15) is 4.98 Å². The van der Waals surface area contributed by atoms with E-state index in [9.17, 15) is 4.79 Å². The van der Waals surface area contributed by atoms with Crippen molar-refractivity contribution in [2.75, 3.05) is 6.61 Å². The summed E-state index contributed by atoms with van der Waals surface area (Å²) in [5.41, 5.74) is 2.30. The van der Waals surface area contributed by atoms with Crippen molar-refractivity contribution in [3.63, 3.8) is 0 Å². The first-order chi connectivity index (χ1) is 15.5. The molecule has 4 aromatic rings. The lowest BCUT2D eigenvalue weighted by atomic mass is 10.1. The molecule has 0 spiro atoms. The van der Waals surface area contributed by atoms with Gasteiger partial charge in [-0.05, 0) is 45.0 Å². The second-order valence-corrected chi connectivity index (χ2v) is 7.83. The Bertz CT molecular complexity index is 1250. The van der Waals surface area contributed by atoms with E-state index in [-0.39, 0.29) is 18.5 Å². The summed E-state index contributed by atoms with van der Waals surface area (Å²) < 4.78 is 18.1. The molecule has 1 aromatic carbocycles. The summed E-state index contributed by atoms with van der Waals surface area (Å²) in [7, 11) is 0. The molecule has 0 radical (unpaired) electrons. The molecule has 0 bridgehead atoms. The van der Waals surface area contributed by atoms with Crippen LogP contribution in [0.15, 0.2) is 47.4 Å². The predicted molar refractivity (Wildman–Crippen MR) is 120 cm³/mol. The number of carbonyl (C=O) groups is 1. The molecule has 8 nitrogen and oxygen atoms in total. The minimum absolute atomic E-state index is 0.0194. The maximum absolute atomic E-state index is 11.7. The maximum atomic E-state index is 11.7. The fourth-order valence-corrected chi connectivity index (χ4v) is 3.58. The third-order valence-electron chi connectivity index (χ3n) is 4.77. The van der Waals surface area contributed by atoms with Gasteiger partial charge in [-0.3, -0.25) is 9.78 Å². The normalized spacial score (nSPS) is 11.3. The summed E-state index contributed by atoms with van der Waals surface area (Å²) in [5.74, 6) is 1.13. The molecule has 166 valence electrons. The predicted octanol–water partition coefficient (Wildman–Crippen LogP) is 5.15. The molecule has 4 rings (SSSR count). The molecule has 0 N–H and O–H groups in total. The number of rotatable bonds is 8. The monoisotopic (exact) mass is 454 g/mol. The highest BCUT2D eigenvalue weighted by molar-refractivity contribution is 6.32. The van der Waals surface area contributed by atoms with Crippen molar-refractivity contribution in [2.24, 2.45) is 0 Å². The van der Waals surface area contributed by atoms with E-state index in [4.69, 9.17) is 25.6 Å². The van der Waals surface area contributed by atoms with Crippen LogP contribution in [0.3, 0.4) is 0 Å². The lowest BCUT2D eigenvalue weighted by molar-refractivity contribution is -0.143. The van der Waals surface area contributed by atoms with Crippen molar-refractivity contribution in [1.82, 2.24) is 19.7 Å². The molecule has 3 heterocycles. The number of aromatic nitrogens is 4. The zero-order valence-corrected chi connectivity index (χ0v) is 18.8. The smallest absolute Gasteiger partial charge is 0.307 e. The number of hydrogen-bond donors (Lipinski definition) is 0. The maximum Gasteiger partial charge on any atom is 0.307 e. The van der Waals surface area contributed by atoms with Crippen LogP contribution in [-0.4, -0.2) is 38.4 Å². The van der Waals surface area contributed by atoms with Crippen molar-refractivity contribution >= 4 is 28.5 Å². The number of carbonyl (C=O) groups excluding carboxylic acids is 1. The number of esters is 1. The summed E-state index contributed by atoms with van der Waals surface area (Å²) in [4.78, 5) is 20.6. The van der Waals surface area contributed by atoms with Crippen LogP contribution >= 0.6 is 11.6 Å². The van der Waals surface area contributed by atoms with Crippen LogP contribution in [0.2, 0.25) is 5.02 Å². The molecule has 0 saturated heterocycles. The molecule has 0 aliphatic rings. The summed E-state index contributed by atoms with van der Waals surface area (Å²) in [6.45, 7) is 6.53. The molecule has 0 saturated carbocycles. The van der Waals surface area contributed by atoms with Crippen molar-refractivity contribution < 1.29 is 18.8 Å². The van der Waals surface area contributed by atoms with Crippen LogP contribution in [0.25, 0.3) is 33.7 Å². The van der Waals surface area contributed by atoms with E-state index in [1.54, 1.807) is 31.5 Å². The molecular weight excluding hydrogens is 432 g/mol. The molecule has 3 aromatic heterocycles. The van der Waals surface area contributed by atoms with Crippen molar-refractivity contribution in [2.45, 2.75) is 39.8 Å².